The zero-order valence-corrected chi connectivity index (χ0v) is 14.0. The summed E-state index contributed by atoms with van der Waals surface area (Å²) in [6.07, 6.45) is 2.09. The van der Waals surface area contributed by atoms with Crippen LogP contribution in [0, 0.1) is 5.92 Å². The first-order valence-corrected chi connectivity index (χ1v) is 7.82. The van der Waals surface area contributed by atoms with Gasteiger partial charge < -0.3 is 20.5 Å². The number of rotatable bonds is 9. The summed E-state index contributed by atoms with van der Waals surface area (Å²) < 4.78 is 11.0. The zero-order valence-electron chi connectivity index (χ0n) is 14.0. The Morgan fingerprint density at radius 3 is 2.64 bits per heavy atom. The van der Waals surface area contributed by atoms with Gasteiger partial charge in [0.05, 0.1) is 19.8 Å². The second-order valence-electron chi connectivity index (χ2n) is 5.67. The molecule has 124 valence electrons. The van der Waals surface area contributed by atoms with Gasteiger partial charge in [-0.3, -0.25) is 4.79 Å². The van der Waals surface area contributed by atoms with Crippen LogP contribution >= 0.6 is 0 Å². The Kier molecular flexibility index (Phi) is 7.74. The third kappa shape index (κ3) is 5.56. The van der Waals surface area contributed by atoms with E-state index in [-0.39, 0.29) is 11.8 Å². The first-order valence-electron chi connectivity index (χ1n) is 7.82. The third-order valence-corrected chi connectivity index (χ3v) is 3.47. The number of nitrogens with one attached hydrogen (secondary N) is 1. The molecule has 1 rings (SSSR count). The molecule has 0 aromatic heterocycles. The fourth-order valence-corrected chi connectivity index (χ4v) is 1.88. The molecule has 0 saturated carbocycles. The van der Waals surface area contributed by atoms with Crippen LogP contribution in [0.4, 0.5) is 0 Å². The molecule has 0 saturated heterocycles. The lowest BCUT2D eigenvalue weighted by Crippen LogP contribution is -2.43. The summed E-state index contributed by atoms with van der Waals surface area (Å²) in [5, 5.41) is 2.84. The first kappa shape index (κ1) is 18.3. The molecule has 5 nitrogen and oxygen atoms in total. The van der Waals surface area contributed by atoms with E-state index in [1.54, 1.807) is 7.11 Å². The van der Waals surface area contributed by atoms with Crippen molar-refractivity contribution in [2.75, 3.05) is 13.7 Å². The molecule has 22 heavy (non-hydrogen) atoms. The van der Waals surface area contributed by atoms with Crippen LogP contribution in [-0.4, -0.2) is 25.7 Å². The lowest BCUT2D eigenvalue weighted by Gasteiger charge is -2.16. The number of hydrogen-bond acceptors (Lipinski definition) is 4. The van der Waals surface area contributed by atoms with Crippen molar-refractivity contribution < 1.29 is 14.3 Å². The Hall–Kier alpha value is -1.75. The summed E-state index contributed by atoms with van der Waals surface area (Å²) in [6.45, 7) is 7.07. The highest BCUT2D eigenvalue weighted by atomic mass is 16.5. The van der Waals surface area contributed by atoms with Crippen LogP contribution in [0.3, 0.4) is 0 Å². The van der Waals surface area contributed by atoms with Gasteiger partial charge in [-0.05, 0) is 30.0 Å². The van der Waals surface area contributed by atoms with E-state index < -0.39 is 6.04 Å². The van der Waals surface area contributed by atoms with Gasteiger partial charge in [-0.1, -0.05) is 33.3 Å². The number of nitrogens with two attached hydrogens (primary N) is 1. The van der Waals surface area contributed by atoms with Crippen molar-refractivity contribution in [3.63, 3.8) is 0 Å². The standard InChI is InChI=1S/C17H28N2O3/c1-5-6-9-22-14-8-7-13(10-15(14)21-4)11-19-17(20)16(18)12(2)3/h7-8,10,12,16H,5-6,9,11,18H2,1-4H3,(H,19,20)/t16-/m0/s1. The quantitative estimate of drug-likeness (QED) is 0.687. The third-order valence-electron chi connectivity index (χ3n) is 3.47. The molecule has 1 amide bonds. The van der Waals surface area contributed by atoms with E-state index in [1.165, 1.54) is 0 Å². The van der Waals surface area contributed by atoms with E-state index in [4.69, 9.17) is 15.2 Å². The Bertz CT molecular complexity index is 475. The topological polar surface area (TPSA) is 73.6 Å². The van der Waals surface area contributed by atoms with Crippen molar-refractivity contribution in [3.05, 3.63) is 23.8 Å². The Labute approximate surface area is 133 Å². The molecule has 3 N–H and O–H groups in total. The van der Waals surface area contributed by atoms with Crippen LogP contribution in [0.1, 0.15) is 39.2 Å². The summed E-state index contributed by atoms with van der Waals surface area (Å²) >= 11 is 0. The number of amides is 1. The summed E-state index contributed by atoms with van der Waals surface area (Å²) in [5.74, 6) is 1.38. The fourth-order valence-electron chi connectivity index (χ4n) is 1.88. The van der Waals surface area contributed by atoms with Gasteiger partial charge in [-0.25, -0.2) is 0 Å². The summed E-state index contributed by atoms with van der Waals surface area (Å²) in [7, 11) is 1.61. The van der Waals surface area contributed by atoms with E-state index in [9.17, 15) is 4.79 Å². The molecule has 0 aliphatic rings. The van der Waals surface area contributed by atoms with Gasteiger partial charge in [0, 0.05) is 6.54 Å². The predicted octanol–water partition coefficient (Wildman–Crippen LogP) is 2.47. The maximum absolute atomic E-state index is 11.9. The van der Waals surface area contributed by atoms with Gasteiger partial charge in [-0.2, -0.15) is 0 Å². The van der Waals surface area contributed by atoms with E-state index in [2.05, 4.69) is 12.2 Å². The number of unbranched alkanes of at least 4 members (excludes halogenated alkanes) is 1. The molecule has 1 atom stereocenters. The van der Waals surface area contributed by atoms with Crippen LogP contribution < -0.4 is 20.5 Å². The van der Waals surface area contributed by atoms with E-state index in [0.717, 1.165) is 24.2 Å². The van der Waals surface area contributed by atoms with Crippen molar-refractivity contribution in [1.82, 2.24) is 5.32 Å². The largest absolute Gasteiger partial charge is 0.493 e. The van der Waals surface area contributed by atoms with Gasteiger partial charge in [0.15, 0.2) is 11.5 Å². The molecule has 0 radical (unpaired) electrons. The molecule has 0 aliphatic heterocycles. The van der Waals surface area contributed by atoms with E-state index >= 15 is 0 Å². The van der Waals surface area contributed by atoms with Gasteiger partial charge in [-0.15, -0.1) is 0 Å². The monoisotopic (exact) mass is 308 g/mol. The highest BCUT2D eigenvalue weighted by Crippen LogP contribution is 2.28. The van der Waals surface area contributed by atoms with Gasteiger partial charge in [0.2, 0.25) is 5.91 Å². The average Bonchev–Trinajstić information content (AvgIpc) is 2.52. The summed E-state index contributed by atoms with van der Waals surface area (Å²) in [4.78, 5) is 11.9. The van der Waals surface area contributed by atoms with Crippen LogP contribution in [0.15, 0.2) is 18.2 Å². The molecule has 0 spiro atoms. The fraction of sp³-hybridized carbons (Fsp3) is 0.588. The minimum absolute atomic E-state index is 0.115. The molecule has 0 fully saturated rings. The van der Waals surface area contributed by atoms with Gasteiger partial charge in [0.1, 0.15) is 0 Å². The van der Waals surface area contributed by atoms with Crippen LogP contribution in [0.5, 0.6) is 11.5 Å². The summed E-state index contributed by atoms with van der Waals surface area (Å²) in [6, 6.07) is 5.18. The summed E-state index contributed by atoms with van der Waals surface area (Å²) in [5.41, 5.74) is 6.76. The smallest absolute Gasteiger partial charge is 0.237 e. The Morgan fingerprint density at radius 1 is 1.32 bits per heavy atom. The number of benzene rings is 1. The number of carbonyl (C=O) groups excluding carboxylic acids is 1. The molecule has 0 aliphatic carbocycles. The van der Waals surface area contributed by atoms with Crippen molar-refractivity contribution in [3.8, 4) is 11.5 Å². The van der Waals surface area contributed by atoms with Gasteiger partial charge >= 0.3 is 0 Å². The highest BCUT2D eigenvalue weighted by molar-refractivity contribution is 5.81. The SMILES string of the molecule is CCCCOc1ccc(CNC(=O)[C@@H](N)C(C)C)cc1OC. The maximum Gasteiger partial charge on any atom is 0.237 e. The maximum atomic E-state index is 11.9. The van der Waals surface area contributed by atoms with Gasteiger partial charge in [0.25, 0.3) is 0 Å². The molecule has 0 heterocycles. The minimum Gasteiger partial charge on any atom is -0.493 e. The Balaban J connectivity index is 2.63. The van der Waals surface area contributed by atoms with Crippen molar-refractivity contribution in [2.45, 2.75) is 46.2 Å². The second-order valence-corrected chi connectivity index (χ2v) is 5.67. The molecule has 0 unspecified atom stereocenters. The van der Waals surface area contributed by atoms with Crippen molar-refractivity contribution in [1.29, 1.82) is 0 Å². The average molecular weight is 308 g/mol. The molecule has 5 heteroatoms. The van der Waals surface area contributed by atoms with E-state index in [0.29, 0.717) is 18.9 Å². The predicted molar refractivity (Wildman–Crippen MR) is 88.1 cm³/mol. The molecular weight excluding hydrogens is 280 g/mol. The lowest BCUT2D eigenvalue weighted by molar-refractivity contribution is -0.123. The van der Waals surface area contributed by atoms with E-state index in [1.807, 2.05) is 32.0 Å². The Morgan fingerprint density at radius 2 is 2.05 bits per heavy atom. The molecule has 0 bridgehead atoms. The first-order chi connectivity index (χ1) is 10.5. The minimum atomic E-state index is -0.487. The number of carbonyl (C=O) groups is 1. The zero-order chi connectivity index (χ0) is 16.5. The van der Waals surface area contributed by atoms with Crippen LogP contribution in [0.2, 0.25) is 0 Å². The van der Waals surface area contributed by atoms with Crippen molar-refractivity contribution in [2.24, 2.45) is 11.7 Å². The molecular formula is C17H28N2O3. The van der Waals surface area contributed by atoms with Crippen LogP contribution in [-0.2, 0) is 11.3 Å². The van der Waals surface area contributed by atoms with Crippen molar-refractivity contribution >= 4 is 5.91 Å². The molecule has 1 aromatic carbocycles. The number of ether oxygens (including phenoxy) is 2. The second kappa shape index (κ2) is 9.30. The lowest BCUT2D eigenvalue weighted by atomic mass is 10.0. The highest BCUT2D eigenvalue weighted by Gasteiger charge is 2.16. The normalized spacial score (nSPS) is 12.1. The molecule has 1 aromatic rings. The van der Waals surface area contributed by atoms with Crippen LogP contribution in [0.25, 0.3) is 0 Å². The number of hydrogen-bond donors (Lipinski definition) is 2. The number of methoxy groups -OCH3 is 1.